The summed E-state index contributed by atoms with van der Waals surface area (Å²) in [6.45, 7) is 0. The summed E-state index contributed by atoms with van der Waals surface area (Å²) >= 11 is 0. The molecule has 0 saturated heterocycles. The van der Waals surface area contributed by atoms with E-state index in [1.165, 1.54) is 36.7 Å². The first-order valence-corrected chi connectivity index (χ1v) is 7.82. The maximum atomic E-state index is 12.8. The summed E-state index contributed by atoms with van der Waals surface area (Å²) in [6.07, 6.45) is -6.43. The van der Waals surface area contributed by atoms with E-state index >= 15 is 0 Å². The monoisotopic (exact) mass is 398 g/mol. The van der Waals surface area contributed by atoms with Gasteiger partial charge in [0.2, 0.25) is 0 Å². The summed E-state index contributed by atoms with van der Waals surface area (Å²) in [4.78, 5) is 7.99. The van der Waals surface area contributed by atoms with E-state index in [2.05, 4.69) is 20.6 Å². The summed E-state index contributed by atoms with van der Waals surface area (Å²) in [6, 6.07) is 8.87. The van der Waals surface area contributed by atoms with Crippen molar-refractivity contribution in [2.75, 3.05) is 10.6 Å². The Kier molecular flexibility index (Phi) is 5.12. The molecule has 4 nitrogen and oxygen atoms in total. The van der Waals surface area contributed by atoms with Crippen molar-refractivity contribution in [1.82, 2.24) is 9.97 Å². The standard InChI is InChI=1S/C18H12F6N4/c19-17(20,21)11-3-1-5-13(9-11)27-15-16(26-8-7-25-15)28-14-6-2-4-12(10-14)18(22,23)24/h1-10H,(H,25,27)(H,26,28). The largest absolute Gasteiger partial charge is 0.416 e. The van der Waals surface area contributed by atoms with Crippen LogP contribution in [0.4, 0.5) is 49.4 Å². The molecule has 0 spiro atoms. The summed E-state index contributed by atoms with van der Waals surface area (Å²) in [5, 5.41) is 5.38. The van der Waals surface area contributed by atoms with Crippen molar-refractivity contribution in [2.24, 2.45) is 0 Å². The van der Waals surface area contributed by atoms with E-state index in [-0.39, 0.29) is 23.0 Å². The van der Waals surface area contributed by atoms with Crippen LogP contribution in [0.5, 0.6) is 0 Å². The second kappa shape index (κ2) is 7.37. The topological polar surface area (TPSA) is 49.8 Å². The Bertz CT molecular complexity index is 890. The lowest BCUT2D eigenvalue weighted by Gasteiger charge is -2.14. The Morgan fingerprint density at radius 2 is 1.00 bits per heavy atom. The van der Waals surface area contributed by atoms with Gasteiger partial charge in [0.05, 0.1) is 11.1 Å². The third kappa shape index (κ3) is 4.70. The van der Waals surface area contributed by atoms with E-state index < -0.39 is 23.5 Å². The lowest BCUT2D eigenvalue weighted by Crippen LogP contribution is -2.07. The zero-order valence-corrected chi connectivity index (χ0v) is 13.9. The van der Waals surface area contributed by atoms with E-state index in [9.17, 15) is 26.3 Å². The van der Waals surface area contributed by atoms with Crippen LogP contribution in [0.1, 0.15) is 11.1 Å². The van der Waals surface area contributed by atoms with Crippen molar-refractivity contribution < 1.29 is 26.3 Å². The van der Waals surface area contributed by atoms with Gasteiger partial charge in [-0.05, 0) is 36.4 Å². The molecular formula is C18H12F6N4. The van der Waals surface area contributed by atoms with Crippen LogP contribution in [0, 0.1) is 0 Å². The molecule has 0 aliphatic heterocycles. The third-order valence-corrected chi connectivity index (χ3v) is 3.60. The average molecular weight is 398 g/mol. The van der Waals surface area contributed by atoms with Gasteiger partial charge in [0.25, 0.3) is 0 Å². The molecule has 2 N–H and O–H groups in total. The number of benzene rings is 2. The minimum Gasteiger partial charge on any atom is -0.337 e. The van der Waals surface area contributed by atoms with E-state index in [4.69, 9.17) is 0 Å². The number of alkyl halides is 6. The van der Waals surface area contributed by atoms with Gasteiger partial charge < -0.3 is 10.6 Å². The molecule has 0 saturated carbocycles. The van der Waals surface area contributed by atoms with Crippen molar-refractivity contribution in [3.8, 4) is 0 Å². The number of halogens is 6. The van der Waals surface area contributed by atoms with Crippen LogP contribution in [-0.4, -0.2) is 9.97 Å². The van der Waals surface area contributed by atoms with Gasteiger partial charge in [-0.2, -0.15) is 26.3 Å². The van der Waals surface area contributed by atoms with Crippen LogP contribution in [0.15, 0.2) is 60.9 Å². The minimum absolute atomic E-state index is 0.0548. The molecule has 0 amide bonds. The SMILES string of the molecule is FC(F)(F)c1cccc(Nc2nccnc2Nc2cccc(C(F)(F)F)c2)c1. The number of aromatic nitrogens is 2. The Morgan fingerprint density at radius 1 is 0.607 bits per heavy atom. The second-order valence-electron chi connectivity index (χ2n) is 5.66. The number of rotatable bonds is 4. The van der Waals surface area contributed by atoms with Gasteiger partial charge >= 0.3 is 12.4 Å². The van der Waals surface area contributed by atoms with E-state index in [1.54, 1.807) is 0 Å². The number of hydrogen-bond donors (Lipinski definition) is 2. The van der Waals surface area contributed by atoms with Crippen molar-refractivity contribution >= 4 is 23.0 Å². The fraction of sp³-hybridized carbons (Fsp3) is 0.111. The van der Waals surface area contributed by atoms with Gasteiger partial charge in [-0.1, -0.05) is 12.1 Å². The summed E-state index contributed by atoms with van der Waals surface area (Å²) in [5.74, 6) is 0.110. The Hall–Kier alpha value is -3.30. The van der Waals surface area contributed by atoms with E-state index in [0.29, 0.717) is 0 Å². The average Bonchev–Trinajstić information content (AvgIpc) is 2.62. The molecule has 0 atom stereocenters. The van der Waals surface area contributed by atoms with Gasteiger partial charge in [0.1, 0.15) is 0 Å². The zero-order valence-electron chi connectivity index (χ0n) is 13.9. The molecule has 1 heterocycles. The Balaban J connectivity index is 1.87. The van der Waals surface area contributed by atoms with Crippen molar-refractivity contribution in [3.63, 3.8) is 0 Å². The lowest BCUT2D eigenvalue weighted by molar-refractivity contribution is -0.138. The molecule has 0 radical (unpaired) electrons. The molecule has 2 aromatic carbocycles. The second-order valence-corrected chi connectivity index (χ2v) is 5.66. The van der Waals surface area contributed by atoms with Gasteiger partial charge in [0.15, 0.2) is 11.6 Å². The van der Waals surface area contributed by atoms with Crippen LogP contribution in [0.25, 0.3) is 0 Å². The highest BCUT2D eigenvalue weighted by Gasteiger charge is 2.31. The molecule has 3 aromatic rings. The molecule has 1 aromatic heterocycles. The molecule has 28 heavy (non-hydrogen) atoms. The first-order valence-electron chi connectivity index (χ1n) is 7.82. The molecule has 0 aliphatic carbocycles. The lowest BCUT2D eigenvalue weighted by atomic mass is 10.2. The van der Waals surface area contributed by atoms with Crippen molar-refractivity contribution in [3.05, 3.63) is 72.1 Å². The van der Waals surface area contributed by atoms with E-state index in [0.717, 1.165) is 24.3 Å². The first kappa shape index (κ1) is 19.5. The van der Waals surface area contributed by atoms with Crippen LogP contribution in [-0.2, 0) is 12.4 Å². The number of hydrogen-bond acceptors (Lipinski definition) is 4. The quantitative estimate of drug-likeness (QED) is 0.529. The predicted molar refractivity (Wildman–Crippen MR) is 91.5 cm³/mol. The summed E-state index contributed by atoms with van der Waals surface area (Å²) in [5.41, 5.74) is -1.51. The highest BCUT2D eigenvalue weighted by molar-refractivity contribution is 5.72. The van der Waals surface area contributed by atoms with Crippen molar-refractivity contribution in [1.29, 1.82) is 0 Å². The molecule has 3 rings (SSSR count). The number of nitrogens with one attached hydrogen (secondary N) is 2. The molecule has 10 heteroatoms. The minimum atomic E-state index is -4.51. The summed E-state index contributed by atoms with van der Waals surface area (Å²) < 4.78 is 77.1. The molecule has 0 aliphatic rings. The molecule has 0 fully saturated rings. The first-order chi connectivity index (χ1) is 13.1. The van der Waals surface area contributed by atoms with E-state index in [1.807, 2.05) is 0 Å². The van der Waals surface area contributed by atoms with Gasteiger partial charge in [-0.15, -0.1) is 0 Å². The van der Waals surface area contributed by atoms with Crippen LogP contribution < -0.4 is 10.6 Å². The van der Waals surface area contributed by atoms with Crippen LogP contribution in [0.2, 0.25) is 0 Å². The molecule has 146 valence electrons. The predicted octanol–water partition coefficient (Wildman–Crippen LogP) is 6.00. The number of nitrogens with zero attached hydrogens (tertiary/aromatic N) is 2. The fourth-order valence-electron chi connectivity index (χ4n) is 2.34. The number of anilines is 4. The molecular weight excluding hydrogens is 386 g/mol. The van der Waals surface area contributed by atoms with Crippen LogP contribution in [0.3, 0.4) is 0 Å². The van der Waals surface area contributed by atoms with Crippen LogP contribution >= 0.6 is 0 Å². The molecule has 0 unspecified atom stereocenters. The van der Waals surface area contributed by atoms with Gasteiger partial charge in [-0.3, -0.25) is 0 Å². The zero-order chi connectivity index (χ0) is 20.4. The maximum absolute atomic E-state index is 12.8. The van der Waals surface area contributed by atoms with Crippen molar-refractivity contribution in [2.45, 2.75) is 12.4 Å². The smallest absolute Gasteiger partial charge is 0.337 e. The summed E-state index contributed by atoms with van der Waals surface area (Å²) in [7, 11) is 0. The maximum Gasteiger partial charge on any atom is 0.416 e. The highest BCUT2D eigenvalue weighted by Crippen LogP contribution is 2.33. The Morgan fingerprint density at radius 3 is 1.36 bits per heavy atom. The molecule has 0 bridgehead atoms. The highest BCUT2D eigenvalue weighted by atomic mass is 19.4. The third-order valence-electron chi connectivity index (χ3n) is 3.60. The normalized spacial score (nSPS) is 11.9. The fourth-order valence-corrected chi connectivity index (χ4v) is 2.34. The Labute approximate surface area is 155 Å². The van der Waals surface area contributed by atoms with Gasteiger partial charge in [-0.25, -0.2) is 9.97 Å². The van der Waals surface area contributed by atoms with Gasteiger partial charge in [0, 0.05) is 23.8 Å².